The standard InChI is InChI=1S/C25H33N3O7S/c1-5-26-25(30)28-36(31)23-16-18(6-10-21(23)35-15-14-32-2)12-13-27-24(29)11-8-19-7-9-20(33-3)17-22(19)34-4/h6-11,16-17H,5,12-15H2,1-4H3,(H,27,29)(H2,26,28,30)/b11-8+. The minimum Gasteiger partial charge on any atom is -0.497 e. The molecular weight excluding hydrogens is 486 g/mol. The predicted molar refractivity (Wildman–Crippen MR) is 138 cm³/mol. The molecule has 0 radical (unpaired) electrons. The molecule has 0 fully saturated rings. The fourth-order valence-corrected chi connectivity index (χ4v) is 3.97. The van der Waals surface area contributed by atoms with Crippen LogP contribution in [0.25, 0.3) is 6.08 Å². The van der Waals surface area contributed by atoms with Crippen LogP contribution < -0.4 is 29.6 Å². The van der Waals surface area contributed by atoms with Crippen molar-refractivity contribution in [2.45, 2.75) is 18.2 Å². The van der Waals surface area contributed by atoms with Crippen LogP contribution in [0.2, 0.25) is 0 Å². The molecule has 1 unspecified atom stereocenters. The van der Waals surface area contributed by atoms with Gasteiger partial charge in [-0.3, -0.25) is 9.52 Å². The Bertz CT molecular complexity index is 1080. The van der Waals surface area contributed by atoms with Crippen molar-refractivity contribution in [1.82, 2.24) is 15.4 Å². The molecular formula is C25H33N3O7S. The molecule has 10 nitrogen and oxygen atoms in total. The number of carbonyl (C=O) groups excluding carboxylic acids is 2. The maximum Gasteiger partial charge on any atom is 0.326 e. The number of rotatable bonds is 14. The monoisotopic (exact) mass is 519 g/mol. The number of carbonyl (C=O) groups is 2. The van der Waals surface area contributed by atoms with Crippen molar-refractivity contribution in [2.24, 2.45) is 0 Å². The highest BCUT2D eigenvalue weighted by Gasteiger charge is 2.15. The van der Waals surface area contributed by atoms with Gasteiger partial charge in [-0.1, -0.05) is 6.07 Å². The minimum atomic E-state index is -1.83. The number of nitrogens with one attached hydrogen (secondary N) is 3. The molecule has 2 rings (SSSR count). The molecule has 0 saturated heterocycles. The molecule has 0 aliphatic rings. The van der Waals surface area contributed by atoms with E-state index in [1.54, 1.807) is 64.7 Å². The average molecular weight is 520 g/mol. The Morgan fingerprint density at radius 1 is 0.972 bits per heavy atom. The number of ether oxygens (including phenoxy) is 4. The van der Waals surface area contributed by atoms with Gasteiger partial charge in [0.1, 0.15) is 28.8 Å². The first-order chi connectivity index (χ1) is 17.4. The number of hydrogen-bond acceptors (Lipinski definition) is 7. The second kappa shape index (κ2) is 15.4. The summed E-state index contributed by atoms with van der Waals surface area (Å²) in [5.41, 5.74) is 1.56. The van der Waals surface area contributed by atoms with Gasteiger partial charge < -0.3 is 29.6 Å². The molecule has 0 aromatic heterocycles. The van der Waals surface area contributed by atoms with Crippen molar-refractivity contribution in [3.8, 4) is 17.2 Å². The summed E-state index contributed by atoms with van der Waals surface area (Å²) >= 11 is 0. The van der Waals surface area contributed by atoms with E-state index in [4.69, 9.17) is 18.9 Å². The van der Waals surface area contributed by atoms with Crippen LogP contribution >= 0.6 is 0 Å². The highest BCUT2D eigenvalue weighted by Crippen LogP contribution is 2.26. The van der Waals surface area contributed by atoms with Gasteiger partial charge >= 0.3 is 6.03 Å². The maximum absolute atomic E-state index is 12.8. The van der Waals surface area contributed by atoms with Gasteiger partial charge in [0.15, 0.2) is 11.0 Å². The first-order valence-electron chi connectivity index (χ1n) is 11.3. The summed E-state index contributed by atoms with van der Waals surface area (Å²) in [6.07, 6.45) is 3.57. The van der Waals surface area contributed by atoms with Crippen LogP contribution in [0.15, 0.2) is 47.4 Å². The van der Waals surface area contributed by atoms with Gasteiger partial charge in [-0.2, -0.15) is 0 Å². The van der Waals surface area contributed by atoms with Gasteiger partial charge in [0.2, 0.25) is 5.91 Å². The van der Waals surface area contributed by atoms with Gasteiger partial charge in [-0.05, 0) is 49.2 Å². The summed E-state index contributed by atoms with van der Waals surface area (Å²) < 4.78 is 36.3. The average Bonchev–Trinajstić information content (AvgIpc) is 2.88. The second-order valence-electron chi connectivity index (χ2n) is 7.33. The number of methoxy groups -OCH3 is 3. The van der Waals surface area contributed by atoms with E-state index in [1.807, 2.05) is 6.07 Å². The van der Waals surface area contributed by atoms with Crippen LogP contribution in [0.1, 0.15) is 18.1 Å². The Balaban J connectivity index is 2.02. The number of hydrogen-bond donors (Lipinski definition) is 3. The fourth-order valence-electron chi connectivity index (χ4n) is 3.05. The quantitative estimate of drug-likeness (QED) is 0.259. The van der Waals surface area contributed by atoms with Crippen LogP contribution in [0.5, 0.6) is 17.2 Å². The van der Waals surface area contributed by atoms with E-state index in [9.17, 15) is 13.8 Å². The Morgan fingerprint density at radius 3 is 2.47 bits per heavy atom. The molecule has 3 amide bonds. The molecule has 0 heterocycles. The Morgan fingerprint density at radius 2 is 1.78 bits per heavy atom. The predicted octanol–water partition coefficient (Wildman–Crippen LogP) is 2.44. The summed E-state index contributed by atoms with van der Waals surface area (Å²) in [6, 6.07) is 9.97. The third-order valence-corrected chi connectivity index (χ3v) is 5.93. The van der Waals surface area contributed by atoms with Crippen LogP contribution in [0, 0.1) is 0 Å². The van der Waals surface area contributed by atoms with Crippen molar-refractivity contribution in [3.63, 3.8) is 0 Å². The molecule has 0 bridgehead atoms. The zero-order valence-corrected chi connectivity index (χ0v) is 21.7. The van der Waals surface area contributed by atoms with E-state index in [1.165, 1.54) is 6.08 Å². The van der Waals surface area contributed by atoms with Crippen molar-refractivity contribution in [1.29, 1.82) is 0 Å². The molecule has 11 heteroatoms. The largest absolute Gasteiger partial charge is 0.497 e. The highest BCUT2D eigenvalue weighted by atomic mass is 32.2. The zero-order chi connectivity index (χ0) is 26.3. The molecule has 2 aromatic carbocycles. The highest BCUT2D eigenvalue weighted by molar-refractivity contribution is 7.83. The third kappa shape index (κ3) is 9.23. The number of benzene rings is 2. The lowest BCUT2D eigenvalue weighted by molar-refractivity contribution is -0.116. The summed E-state index contributed by atoms with van der Waals surface area (Å²) in [4.78, 5) is 24.4. The second-order valence-corrected chi connectivity index (χ2v) is 8.52. The van der Waals surface area contributed by atoms with Crippen molar-refractivity contribution in [2.75, 3.05) is 47.6 Å². The lowest BCUT2D eigenvalue weighted by atomic mass is 10.1. The molecule has 196 valence electrons. The molecule has 3 N–H and O–H groups in total. The molecule has 1 atom stereocenters. The molecule has 36 heavy (non-hydrogen) atoms. The van der Waals surface area contributed by atoms with Gasteiger partial charge in [0.25, 0.3) is 0 Å². The third-order valence-electron chi connectivity index (χ3n) is 4.84. The van der Waals surface area contributed by atoms with Crippen LogP contribution in [-0.2, 0) is 26.9 Å². The van der Waals surface area contributed by atoms with Crippen LogP contribution in [0.4, 0.5) is 4.79 Å². The number of urea groups is 1. The Labute approximate surface area is 213 Å². The minimum absolute atomic E-state index is 0.266. The maximum atomic E-state index is 12.8. The van der Waals surface area contributed by atoms with E-state index in [2.05, 4.69) is 15.4 Å². The lowest BCUT2D eigenvalue weighted by Crippen LogP contribution is -2.36. The normalized spacial score (nSPS) is 11.6. The van der Waals surface area contributed by atoms with Crippen molar-refractivity contribution < 1.29 is 32.7 Å². The van der Waals surface area contributed by atoms with Gasteiger partial charge in [0.05, 0.1) is 20.8 Å². The van der Waals surface area contributed by atoms with E-state index in [-0.39, 0.29) is 12.5 Å². The van der Waals surface area contributed by atoms with Gasteiger partial charge in [-0.15, -0.1) is 0 Å². The van der Waals surface area contributed by atoms with E-state index in [0.717, 1.165) is 11.1 Å². The molecule has 0 aliphatic heterocycles. The summed E-state index contributed by atoms with van der Waals surface area (Å²) in [6.45, 7) is 3.14. The fraction of sp³-hybridized carbons (Fsp3) is 0.360. The molecule has 0 saturated carbocycles. The molecule has 0 spiro atoms. The number of amides is 3. The van der Waals surface area contributed by atoms with E-state index < -0.39 is 17.0 Å². The zero-order valence-electron chi connectivity index (χ0n) is 20.9. The molecule has 2 aromatic rings. The first kappa shape index (κ1) is 28.7. The first-order valence-corrected chi connectivity index (χ1v) is 12.5. The Kier molecular flexibility index (Phi) is 12.3. The topological polar surface area (TPSA) is 124 Å². The van der Waals surface area contributed by atoms with Gasteiger partial charge in [0, 0.05) is 37.9 Å². The van der Waals surface area contributed by atoms with E-state index >= 15 is 0 Å². The smallest absolute Gasteiger partial charge is 0.326 e. The summed E-state index contributed by atoms with van der Waals surface area (Å²) in [5, 5.41) is 5.36. The van der Waals surface area contributed by atoms with Crippen molar-refractivity contribution >= 4 is 29.0 Å². The van der Waals surface area contributed by atoms with Crippen LogP contribution in [0.3, 0.4) is 0 Å². The van der Waals surface area contributed by atoms with Gasteiger partial charge in [-0.25, -0.2) is 9.00 Å². The van der Waals surface area contributed by atoms with Crippen molar-refractivity contribution in [3.05, 3.63) is 53.6 Å². The Hall–Kier alpha value is -3.57. The summed E-state index contributed by atoms with van der Waals surface area (Å²) in [5.74, 6) is 1.36. The lowest BCUT2D eigenvalue weighted by Gasteiger charge is -2.13. The van der Waals surface area contributed by atoms with Crippen LogP contribution in [-0.4, -0.2) is 63.8 Å². The van der Waals surface area contributed by atoms with E-state index in [0.29, 0.717) is 48.3 Å². The summed E-state index contributed by atoms with van der Waals surface area (Å²) in [7, 11) is 2.84. The SMILES string of the molecule is CCNC(=O)NS(=O)c1cc(CCNC(=O)/C=C/c2ccc(OC)cc2OC)ccc1OCCOC. The molecule has 0 aliphatic carbocycles.